The average Bonchev–Trinajstić information content (AvgIpc) is 3.06. The maximum Gasteiger partial charge on any atom is 0.274 e. The molecule has 0 atom stereocenters. The number of para-hydroxylation sites is 1. The van der Waals surface area contributed by atoms with Crippen molar-refractivity contribution in [3.63, 3.8) is 0 Å². The second-order valence-electron chi connectivity index (χ2n) is 6.60. The van der Waals surface area contributed by atoms with E-state index in [-0.39, 0.29) is 17.2 Å². The number of benzene rings is 1. The van der Waals surface area contributed by atoms with Crippen LogP contribution in [0.15, 0.2) is 41.3 Å². The van der Waals surface area contributed by atoms with Gasteiger partial charge in [0, 0.05) is 43.3 Å². The van der Waals surface area contributed by atoms with E-state index < -0.39 is 0 Å². The molecule has 1 aromatic carbocycles. The number of carbonyl (C=O) groups excluding carboxylic acids is 1. The van der Waals surface area contributed by atoms with Gasteiger partial charge in [-0.25, -0.2) is 4.52 Å². The molecule has 0 unspecified atom stereocenters. The Morgan fingerprint density at radius 2 is 2.19 bits per heavy atom. The van der Waals surface area contributed by atoms with Crippen LogP contribution in [0.3, 0.4) is 0 Å². The normalized spacial score (nSPS) is 13.7. The van der Waals surface area contributed by atoms with E-state index in [2.05, 4.69) is 38.5 Å². The fourth-order valence-corrected chi connectivity index (χ4v) is 3.47. The van der Waals surface area contributed by atoms with E-state index in [4.69, 9.17) is 0 Å². The topological polar surface area (TPSA) is 82.5 Å². The molecule has 26 heavy (non-hydrogen) atoms. The zero-order chi connectivity index (χ0) is 18.1. The molecule has 1 aliphatic rings. The molecule has 1 amide bonds. The summed E-state index contributed by atoms with van der Waals surface area (Å²) in [5.74, 6) is -0.268. The van der Waals surface area contributed by atoms with Crippen molar-refractivity contribution in [3.05, 3.63) is 63.8 Å². The van der Waals surface area contributed by atoms with Gasteiger partial charge >= 0.3 is 0 Å². The summed E-state index contributed by atoms with van der Waals surface area (Å²) in [7, 11) is 0. The minimum Gasteiger partial charge on any atom is -0.370 e. The number of hydrogen-bond donors (Lipinski definition) is 2. The van der Waals surface area contributed by atoms with Crippen LogP contribution in [0.1, 0.15) is 28.2 Å². The van der Waals surface area contributed by atoms with E-state index in [0.717, 1.165) is 25.9 Å². The van der Waals surface area contributed by atoms with Crippen molar-refractivity contribution in [3.8, 4) is 0 Å². The Morgan fingerprint density at radius 3 is 3.08 bits per heavy atom. The van der Waals surface area contributed by atoms with Crippen molar-refractivity contribution in [1.29, 1.82) is 0 Å². The van der Waals surface area contributed by atoms with Crippen LogP contribution >= 0.6 is 0 Å². The molecule has 0 bridgehead atoms. The van der Waals surface area contributed by atoms with Crippen LogP contribution in [-0.4, -0.2) is 40.1 Å². The van der Waals surface area contributed by atoms with Gasteiger partial charge in [-0.3, -0.25) is 9.59 Å². The van der Waals surface area contributed by atoms with Crippen molar-refractivity contribution < 1.29 is 4.79 Å². The lowest BCUT2D eigenvalue weighted by molar-refractivity contribution is 0.0949. The highest BCUT2D eigenvalue weighted by atomic mass is 16.2. The highest BCUT2D eigenvalue weighted by Gasteiger charge is 2.17. The smallest absolute Gasteiger partial charge is 0.274 e. The Hall–Kier alpha value is -3.09. The Balaban J connectivity index is 1.42. The number of hydrogen-bond acceptors (Lipinski definition) is 4. The van der Waals surface area contributed by atoms with Gasteiger partial charge in [-0.2, -0.15) is 5.10 Å². The molecule has 0 saturated carbocycles. The summed E-state index contributed by atoms with van der Waals surface area (Å²) in [6, 6.07) is 9.93. The lowest BCUT2D eigenvalue weighted by Crippen LogP contribution is -2.37. The molecule has 7 nitrogen and oxygen atoms in total. The van der Waals surface area contributed by atoms with Gasteiger partial charge in [0.1, 0.15) is 5.52 Å². The zero-order valence-electron chi connectivity index (χ0n) is 14.7. The predicted octanol–water partition coefficient (Wildman–Crippen LogP) is 1.51. The standard InChI is InChI=1S/C19H21N5O2/c1-13-12-24-17(19(26)21-13)11-15(22-24)18(25)20-8-10-23-9-4-6-14-5-2-3-7-16(14)23/h2-3,5,7,11-12H,4,6,8-10H2,1H3,(H,20,25)(H,21,26). The molecular weight excluding hydrogens is 330 g/mol. The maximum absolute atomic E-state index is 12.4. The van der Waals surface area contributed by atoms with Crippen molar-refractivity contribution in [1.82, 2.24) is 19.9 Å². The molecule has 0 radical (unpaired) electrons. The second-order valence-corrected chi connectivity index (χ2v) is 6.60. The van der Waals surface area contributed by atoms with Gasteiger partial charge in [-0.15, -0.1) is 0 Å². The quantitative estimate of drug-likeness (QED) is 0.746. The number of aryl methyl sites for hydroxylation is 2. The van der Waals surface area contributed by atoms with Gasteiger partial charge < -0.3 is 15.2 Å². The Bertz CT molecular complexity index is 1020. The summed E-state index contributed by atoms with van der Waals surface area (Å²) < 4.78 is 1.45. The van der Waals surface area contributed by atoms with E-state index in [0.29, 0.717) is 17.8 Å². The number of fused-ring (bicyclic) bond motifs is 2. The highest BCUT2D eigenvalue weighted by Crippen LogP contribution is 2.25. The van der Waals surface area contributed by atoms with Crippen LogP contribution in [0, 0.1) is 6.92 Å². The van der Waals surface area contributed by atoms with E-state index in [1.807, 2.05) is 6.07 Å². The van der Waals surface area contributed by atoms with Gasteiger partial charge in [0.15, 0.2) is 5.69 Å². The summed E-state index contributed by atoms with van der Waals surface area (Å²) in [5.41, 5.74) is 3.68. The first kappa shape index (κ1) is 16.4. The molecule has 0 spiro atoms. The molecule has 0 aliphatic carbocycles. The van der Waals surface area contributed by atoms with Crippen LogP contribution in [-0.2, 0) is 6.42 Å². The third-order valence-electron chi connectivity index (χ3n) is 4.70. The molecule has 3 heterocycles. The summed E-state index contributed by atoms with van der Waals surface area (Å²) in [4.78, 5) is 29.3. The van der Waals surface area contributed by atoms with Gasteiger partial charge in [-0.05, 0) is 31.4 Å². The first-order valence-electron chi connectivity index (χ1n) is 8.82. The SMILES string of the molecule is Cc1cn2nc(C(=O)NCCN3CCCc4ccccc43)cc2c(=O)[nH]1. The zero-order valence-corrected chi connectivity index (χ0v) is 14.7. The lowest BCUT2D eigenvalue weighted by atomic mass is 10.0. The number of aromatic amines is 1. The molecule has 3 aromatic rings. The fourth-order valence-electron chi connectivity index (χ4n) is 3.47. The molecule has 0 fully saturated rings. The third kappa shape index (κ3) is 3.08. The van der Waals surface area contributed by atoms with Gasteiger partial charge in [0.25, 0.3) is 11.5 Å². The monoisotopic (exact) mass is 351 g/mol. The largest absolute Gasteiger partial charge is 0.370 e. The molecule has 4 rings (SSSR count). The predicted molar refractivity (Wildman–Crippen MR) is 99.9 cm³/mol. The van der Waals surface area contributed by atoms with Crippen molar-refractivity contribution in [2.24, 2.45) is 0 Å². The maximum atomic E-state index is 12.4. The summed E-state index contributed by atoms with van der Waals surface area (Å²) in [6.45, 7) is 4.04. The number of rotatable bonds is 4. The summed E-state index contributed by atoms with van der Waals surface area (Å²) >= 11 is 0. The van der Waals surface area contributed by atoms with E-state index in [9.17, 15) is 9.59 Å². The van der Waals surface area contributed by atoms with Gasteiger partial charge in [-0.1, -0.05) is 18.2 Å². The summed E-state index contributed by atoms with van der Waals surface area (Å²) in [5, 5.41) is 7.11. The van der Waals surface area contributed by atoms with Gasteiger partial charge in [0.05, 0.1) is 0 Å². The molecule has 1 aliphatic heterocycles. The average molecular weight is 351 g/mol. The van der Waals surface area contributed by atoms with Crippen LogP contribution in [0.4, 0.5) is 5.69 Å². The fraction of sp³-hybridized carbons (Fsp3) is 0.316. The van der Waals surface area contributed by atoms with Gasteiger partial charge in [0.2, 0.25) is 0 Å². The molecule has 0 saturated heterocycles. The van der Waals surface area contributed by atoms with Crippen molar-refractivity contribution in [2.75, 3.05) is 24.5 Å². The number of anilines is 1. The first-order valence-corrected chi connectivity index (χ1v) is 8.82. The Labute approximate surface area is 150 Å². The number of amides is 1. The van der Waals surface area contributed by atoms with E-state index in [1.165, 1.54) is 21.8 Å². The van der Waals surface area contributed by atoms with Crippen LogP contribution in [0.5, 0.6) is 0 Å². The Kier molecular flexibility index (Phi) is 4.20. The van der Waals surface area contributed by atoms with Crippen LogP contribution in [0.2, 0.25) is 0 Å². The van der Waals surface area contributed by atoms with E-state index in [1.54, 1.807) is 13.1 Å². The first-order chi connectivity index (χ1) is 12.6. The lowest BCUT2D eigenvalue weighted by Gasteiger charge is -2.31. The minimum atomic E-state index is -0.268. The Morgan fingerprint density at radius 1 is 1.35 bits per heavy atom. The molecule has 7 heteroatoms. The van der Waals surface area contributed by atoms with Crippen molar-refractivity contribution in [2.45, 2.75) is 19.8 Å². The number of nitrogens with one attached hydrogen (secondary N) is 2. The summed E-state index contributed by atoms with van der Waals surface area (Å²) in [6.07, 6.45) is 3.92. The van der Waals surface area contributed by atoms with Crippen LogP contribution < -0.4 is 15.8 Å². The number of carbonyl (C=O) groups is 1. The second kappa shape index (κ2) is 6.67. The highest BCUT2D eigenvalue weighted by molar-refractivity contribution is 5.93. The number of nitrogens with zero attached hydrogens (tertiary/aromatic N) is 3. The van der Waals surface area contributed by atoms with E-state index >= 15 is 0 Å². The van der Waals surface area contributed by atoms with Crippen molar-refractivity contribution >= 4 is 17.1 Å². The minimum absolute atomic E-state index is 0.249. The molecule has 134 valence electrons. The van der Waals surface area contributed by atoms with Crippen LogP contribution in [0.25, 0.3) is 5.52 Å². The number of aromatic nitrogens is 3. The third-order valence-corrected chi connectivity index (χ3v) is 4.70. The molecule has 2 aromatic heterocycles. The molecular formula is C19H21N5O2. The number of H-pyrrole nitrogens is 1. The molecule has 2 N–H and O–H groups in total.